The smallest absolute Gasteiger partial charge is 0.264 e. The van der Waals surface area contributed by atoms with E-state index in [0.717, 1.165) is 17.8 Å². The van der Waals surface area contributed by atoms with Gasteiger partial charge >= 0.3 is 0 Å². The van der Waals surface area contributed by atoms with Crippen molar-refractivity contribution in [1.82, 2.24) is 0 Å². The van der Waals surface area contributed by atoms with Crippen molar-refractivity contribution in [1.29, 1.82) is 0 Å². The van der Waals surface area contributed by atoms with Crippen molar-refractivity contribution in [2.45, 2.75) is 158 Å². The number of thiophene rings is 1. The number of hydrogen-bond donors (Lipinski definition) is 0. The number of benzene rings is 7. The highest BCUT2D eigenvalue weighted by Gasteiger charge is 2.46. The monoisotopic (exact) mass is 1030 g/mol. The largest absolute Gasteiger partial charge is 0.313 e. The fraction of sp³-hybridized carbons (Fsp3) is 0.353. The Morgan fingerprint density at radius 3 is 1.48 bits per heavy atom. The molecule has 3 nitrogen and oxygen atoms in total. The van der Waals surface area contributed by atoms with Crippen LogP contribution in [0.4, 0.5) is 51.2 Å². The zero-order valence-corrected chi connectivity index (χ0v) is 51.7. The number of nitrogens with zero attached hydrogens (tertiary/aromatic N) is 3. The van der Waals surface area contributed by atoms with Gasteiger partial charge in [0, 0.05) is 54.7 Å². The van der Waals surface area contributed by atoms with Gasteiger partial charge in [0.15, 0.2) is 0 Å². The molecule has 9 heteroatoms. The summed E-state index contributed by atoms with van der Waals surface area (Å²) in [6, 6.07) is 43.7. The van der Waals surface area contributed by atoms with Crippen molar-refractivity contribution in [2.24, 2.45) is 0 Å². The van der Waals surface area contributed by atoms with E-state index in [1.165, 1.54) is 132 Å². The van der Waals surface area contributed by atoms with Gasteiger partial charge in [-0.1, -0.05) is 187 Å². The van der Waals surface area contributed by atoms with Crippen LogP contribution in [-0.2, 0) is 33.5 Å². The van der Waals surface area contributed by atoms with E-state index in [0.29, 0.717) is 0 Å². The molecule has 0 aliphatic carbocycles. The molecular weight excluding hydrogens is 945 g/mol. The van der Waals surface area contributed by atoms with Gasteiger partial charge in [-0.05, 0) is 158 Å². The molecule has 10 rings (SSSR count). The maximum absolute atomic E-state index is 2.73. The second kappa shape index (κ2) is 18.7. The summed E-state index contributed by atoms with van der Waals surface area (Å²) in [6.45, 7) is 42.0. The lowest BCUT2D eigenvalue weighted by atomic mass is 9.36. The number of fused-ring (bicyclic) bond motifs is 6. The Bertz CT molecular complexity index is 3610. The average Bonchev–Trinajstić information content (AvgIpc) is 3.73. The first-order valence-electron chi connectivity index (χ1n) is 28.5. The molecule has 0 saturated carbocycles. The minimum atomic E-state index is -0.0175. The molecular formula is C68H82B5N3S. The van der Waals surface area contributed by atoms with Crippen LogP contribution in [0.5, 0.6) is 0 Å². The van der Waals surface area contributed by atoms with Crippen molar-refractivity contribution in [3.8, 4) is 0 Å². The summed E-state index contributed by atoms with van der Waals surface area (Å²) >= 11 is 1.99. The van der Waals surface area contributed by atoms with Crippen LogP contribution >= 0.6 is 11.3 Å². The highest BCUT2D eigenvalue weighted by atomic mass is 32.1. The normalized spacial score (nSPS) is 13.8. The Labute approximate surface area is 472 Å². The van der Waals surface area contributed by atoms with Crippen molar-refractivity contribution in [3.63, 3.8) is 0 Å². The van der Waals surface area contributed by atoms with Gasteiger partial charge in [0.05, 0.1) is 11.4 Å². The SMILES string of the molecule is Bc1c(B)c(C(C)(C)C)c(B)c(B)c1N1c2cc(N(c3ccc(C(C)(C)C)cc3)c3c(C)cc(C(C)(C)C)cc3C)ccc2B2c3sc4ccc(C(C)(C)C)cc4c3N(c3ccc(C(C)(C)C)cc3)c3cc(CC)cc1c32. The van der Waals surface area contributed by atoms with Crippen molar-refractivity contribution < 1.29 is 0 Å². The second-order valence-corrected chi connectivity index (χ2v) is 29.2. The summed E-state index contributed by atoms with van der Waals surface area (Å²) in [4.78, 5) is 7.95. The van der Waals surface area contributed by atoms with Gasteiger partial charge in [-0.3, -0.25) is 0 Å². The van der Waals surface area contributed by atoms with Gasteiger partial charge < -0.3 is 14.7 Å². The minimum absolute atomic E-state index is 0.00694. The van der Waals surface area contributed by atoms with Gasteiger partial charge in [-0.15, -0.1) is 11.3 Å². The average molecular weight is 1030 g/mol. The molecule has 2 aliphatic heterocycles. The standard InChI is InChI=1S/C68H82B5N3S/c1-19-40-34-51-59-52(35-40)76(62-57(71)55(69)54(68(16,17)18)56(70)58(62)72)50-37-47(74(45-25-20-41(21-26-45)64(4,5)6)60-38(2)32-44(33-39(60)3)67(13,14)15)29-30-49(50)73(59)63-61(48-36-43(66(10,11)12)24-31-53(48)77-63)75(51)46-27-22-42(23-28-46)65(7,8)9/h20-37H,19,69-72H2,1-18H3. The molecule has 77 heavy (non-hydrogen) atoms. The van der Waals surface area contributed by atoms with E-state index in [4.69, 9.17) is 0 Å². The molecule has 8 aromatic rings. The van der Waals surface area contributed by atoms with Crippen LogP contribution in [0.15, 0.2) is 109 Å². The number of anilines is 9. The zero-order chi connectivity index (χ0) is 56.0. The van der Waals surface area contributed by atoms with Gasteiger partial charge in [0.25, 0.3) is 6.71 Å². The summed E-state index contributed by atoms with van der Waals surface area (Å²) < 4.78 is 2.73. The molecule has 7 aromatic carbocycles. The van der Waals surface area contributed by atoms with Crippen LogP contribution in [0.1, 0.15) is 155 Å². The highest BCUT2D eigenvalue weighted by Crippen LogP contribution is 2.50. The molecule has 2 aliphatic rings. The van der Waals surface area contributed by atoms with Gasteiger partial charge in [0.2, 0.25) is 0 Å². The molecule has 0 spiro atoms. The molecule has 1 aromatic heterocycles. The predicted molar refractivity (Wildman–Crippen MR) is 356 cm³/mol. The van der Waals surface area contributed by atoms with E-state index in [9.17, 15) is 0 Å². The second-order valence-electron chi connectivity index (χ2n) is 28.1. The van der Waals surface area contributed by atoms with Crippen molar-refractivity contribution >= 4 is 148 Å². The van der Waals surface area contributed by atoms with Gasteiger partial charge in [-0.2, -0.15) is 0 Å². The van der Waals surface area contributed by atoms with Crippen LogP contribution in [0.25, 0.3) is 10.1 Å². The number of aryl methyl sites for hydroxylation is 3. The fourth-order valence-electron chi connectivity index (χ4n) is 13.0. The third-order valence-electron chi connectivity index (χ3n) is 17.4. The number of hydrogen-bond acceptors (Lipinski definition) is 4. The Morgan fingerprint density at radius 2 is 0.974 bits per heavy atom. The lowest BCUT2D eigenvalue weighted by Gasteiger charge is -2.45. The van der Waals surface area contributed by atoms with E-state index >= 15 is 0 Å². The summed E-state index contributed by atoms with van der Waals surface area (Å²) in [6.07, 6.45) is 0.911. The van der Waals surface area contributed by atoms with E-state index in [-0.39, 0.29) is 33.8 Å². The topological polar surface area (TPSA) is 9.72 Å². The van der Waals surface area contributed by atoms with Crippen LogP contribution in [0, 0.1) is 13.8 Å². The molecule has 0 bridgehead atoms. The Morgan fingerprint density at radius 1 is 0.481 bits per heavy atom. The third kappa shape index (κ3) is 9.23. The minimum Gasteiger partial charge on any atom is -0.313 e. The molecule has 0 N–H and O–H groups in total. The molecule has 390 valence electrons. The Kier molecular flexibility index (Phi) is 13.2. The first kappa shape index (κ1) is 54.6. The fourth-order valence-corrected chi connectivity index (χ4v) is 14.3. The Hall–Kier alpha value is -5.78. The van der Waals surface area contributed by atoms with Crippen molar-refractivity contribution in [2.75, 3.05) is 14.7 Å². The summed E-state index contributed by atoms with van der Waals surface area (Å²) in [5.74, 6) is 0. The molecule has 0 radical (unpaired) electrons. The van der Waals surface area contributed by atoms with Crippen LogP contribution in [0.2, 0.25) is 0 Å². The maximum atomic E-state index is 2.73. The maximum Gasteiger partial charge on any atom is 0.264 e. The van der Waals surface area contributed by atoms with Crippen LogP contribution in [-0.4, -0.2) is 38.1 Å². The summed E-state index contributed by atoms with van der Waals surface area (Å²) in [7, 11) is 9.54. The molecule has 0 unspecified atom stereocenters. The highest BCUT2D eigenvalue weighted by molar-refractivity contribution is 7.33. The molecule has 0 saturated heterocycles. The van der Waals surface area contributed by atoms with E-state index in [1.807, 2.05) is 11.3 Å². The number of rotatable bonds is 6. The Balaban J connectivity index is 1.35. The first-order chi connectivity index (χ1) is 35.8. The van der Waals surface area contributed by atoms with Crippen LogP contribution in [0.3, 0.4) is 0 Å². The van der Waals surface area contributed by atoms with Crippen molar-refractivity contribution in [3.05, 3.63) is 154 Å². The van der Waals surface area contributed by atoms with Gasteiger partial charge in [-0.25, -0.2) is 0 Å². The third-order valence-corrected chi connectivity index (χ3v) is 18.6. The molecule has 0 fully saturated rings. The first-order valence-corrected chi connectivity index (χ1v) is 29.3. The zero-order valence-electron chi connectivity index (χ0n) is 50.9. The lowest BCUT2D eigenvalue weighted by Crippen LogP contribution is -2.61. The predicted octanol–water partition coefficient (Wildman–Crippen LogP) is 11.2. The molecule has 0 amide bonds. The lowest BCUT2D eigenvalue weighted by molar-refractivity contribution is 0.589. The van der Waals surface area contributed by atoms with E-state index in [1.54, 1.807) is 0 Å². The summed E-state index contributed by atoms with van der Waals surface area (Å²) in [5, 5.41) is 1.33. The van der Waals surface area contributed by atoms with Gasteiger partial charge in [0.1, 0.15) is 31.4 Å². The van der Waals surface area contributed by atoms with E-state index < -0.39 is 0 Å². The summed E-state index contributed by atoms with van der Waals surface area (Å²) in [5.41, 5.74) is 30.1. The molecule has 3 heterocycles. The quantitative estimate of drug-likeness (QED) is 0.154. The van der Waals surface area contributed by atoms with E-state index in [2.05, 4.69) is 280 Å². The molecule has 0 atom stereocenters. The van der Waals surface area contributed by atoms with Crippen LogP contribution < -0.4 is 52.3 Å².